The minimum absolute atomic E-state index is 0.196. The number of benzene rings is 2. The van der Waals surface area contributed by atoms with Crippen molar-refractivity contribution in [2.24, 2.45) is 0 Å². The molecule has 140 valence electrons. The average molecular weight is 382 g/mol. The normalized spacial score (nSPS) is 18.1. The van der Waals surface area contributed by atoms with Crippen LogP contribution in [0.4, 0.5) is 0 Å². The van der Waals surface area contributed by atoms with E-state index < -0.39 is 10.0 Å². The summed E-state index contributed by atoms with van der Waals surface area (Å²) >= 11 is 0. The number of aryl methyl sites for hydroxylation is 2. The van der Waals surface area contributed by atoms with E-state index in [0.717, 1.165) is 22.0 Å². The molecule has 1 aliphatic heterocycles. The van der Waals surface area contributed by atoms with Crippen molar-refractivity contribution in [1.29, 1.82) is 0 Å². The lowest BCUT2D eigenvalue weighted by atomic mass is 10.2. The lowest BCUT2D eigenvalue weighted by Crippen LogP contribution is -2.31. The average Bonchev–Trinajstić information content (AvgIpc) is 3.13. The monoisotopic (exact) mass is 382 g/mol. The minimum atomic E-state index is -3.52. The van der Waals surface area contributed by atoms with E-state index in [9.17, 15) is 8.42 Å². The van der Waals surface area contributed by atoms with Crippen molar-refractivity contribution >= 4 is 20.9 Å². The van der Waals surface area contributed by atoms with E-state index in [1.165, 1.54) is 4.31 Å². The van der Waals surface area contributed by atoms with Gasteiger partial charge >= 0.3 is 0 Å². The Labute approximate surface area is 159 Å². The number of rotatable bonds is 4. The summed E-state index contributed by atoms with van der Waals surface area (Å²) in [5.41, 5.74) is 2.57. The van der Waals surface area contributed by atoms with Gasteiger partial charge in [0.1, 0.15) is 6.10 Å². The van der Waals surface area contributed by atoms with Crippen molar-refractivity contribution < 1.29 is 13.2 Å². The Hall–Kier alpha value is -2.44. The Bertz CT molecular complexity index is 1100. The lowest BCUT2D eigenvalue weighted by molar-refractivity contribution is 0.207. The van der Waals surface area contributed by atoms with Crippen molar-refractivity contribution in [3.8, 4) is 5.88 Å². The summed E-state index contributed by atoms with van der Waals surface area (Å²) in [6.45, 7) is 4.52. The van der Waals surface area contributed by atoms with E-state index >= 15 is 0 Å². The molecule has 2 heterocycles. The summed E-state index contributed by atoms with van der Waals surface area (Å²) in [6, 6.07) is 17.2. The van der Waals surface area contributed by atoms with Crippen molar-refractivity contribution in [3.63, 3.8) is 0 Å². The summed E-state index contributed by atoms with van der Waals surface area (Å²) in [6.07, 6.45) is 0.456. The molecule has 5 nitrogen and oxygen atoms in total. The highest BCUT2D eigenvalue weighted by atomic mass is 32.2. The molecule has 0 saturated carbocycles. The molecular weight excluding hydrogens is 360 g/mol. The van der Waals surface area contributed by atoms with E-state index in [4.69, 9.17) is 4.74 Å². The van der Waals surface area contributed by atoms with Crippen LogP contribution in [0.5, 0.6) is 5.88 Å². The van der Waals surface area contributed by atoms with Crippen LogP contribution in [0.1, 0.15) is 17.5 Å². The lowest BCUT2D eigenvalue weighted by Gasteiger charge is -2.18. The van der Waals surface area contributed by atoms with Crippen LogP contribution in [-0.4, -0.2) is 36.9 Å². The van der Waals surface area contributed by atoms with Gasteiger partial charge in [-0.1, -0.05) is 30.3 Å². The van der Waals surface area contributed by atoms with Crippen LogP contribution in [0.3, 0.4) is 0 Å². The highest BCUT2D eigenvalue weighted by Crippen LogP contribution is 2.26. The zero-order valence-electron chi connectivity index (χ0n) is 15.4. The van der Waals surface area contributed by atoms with Crippen molar-refractivity contribution in [1.82, 2.24) is 9.29 Å². The van der Waals surface area contributed by atoms with Gasteiger partial charge in [0.15, 0.2) is 0 Å². The highest BCUT2D eigenvalue weighted by molar-refractivity contribution is 7.89. The number of pyridine rings is 1. The first-order valence-corrected chi connectivity index (χ1v) is 10.5. The van der Waals surface area contributed by atoms with Gasteiger partial charge in [-0.3, -0.25) is 0 Å². The predicted molar refractivity (Wildman–Crippen MR) is 105 cm³/mol. The quantitative estimate of drug-likeness (QED) is 0.690. The van der Waals surface area contributed by atoms with Crippen LogP contribution >= 0.6 is 0 Å². The number of aromatic nitrogens is 1. The van der Waals surface area contributed by atoms with Gasteiger partial charge < -0.3 is 4.74 Å². The van der Waals surface area contributed by atoms with Gasteiger partial charge in [0, 0.05) is 18.0 Å². The molecule has 0 amide bonds. The molecule has 0 bridgehead atoms. The molecule has 1 fully saturated rings. The number of nitrogens with zero attached hydrogens (tertiary/aromatic N) is 2. The van der Waals surface area contributed by atoms with Gasteiger partial charge in [0.25, 0.3) is 0 Å². The summed E-state index contributed by atoms with van der Waals surface area (Å²) in [7, 11) is -3.52. The number of para-hydroxylation sites is 1. The molecule has 0 radical (unpaired) electrons. The Morgan fingerprint density at radius 1 is 1.07 bits per heavy atom. The topological polar surface area (TPSA) is 59.5 Å². The van der Waals surface area contributed by atoms with Gasteiger partial charge in [-0.15, -0.1) is 0 Å². The van der Waals surface area contributed by atoms with E-state index in [-0.39, 0.29) is 6.10 Å². The van der Waals surface area contributed by atoms with Crippen LogP contribution in [-0.2, 0) is 10.0 Å². The molecule has 1 aliphatic rings. The molecule has 1 atom stereocenters. The largest absolute Gasteiger partial charge is 0.473 e. The maximum absolute atomic E-state index is 13.0. The van der Waals surface area contributed by atoms with Gasteiger partial charge in [-0.05, 0) is 49.6 Å². The molecule has 0 N–H and O–H groups in total. The van der Waals surface area contributed by atoms with Crippen LogP contribution in [0.25, 0.3) is 10.9 Å². The highest BCUT2D eigenvalue weighted by Gasteiger charge is 2.34. The Kier molecular flexibility index (Phi) is 4.61. The summed E-state index contributed by atoms with van der Waals surface area (Å²) in [4.78, 5) is 4.90. The van der Waals surface area contributed by atoms with Gasteiger partial charge in [0.05, 0.1) is 17.0 Å². The third-order valence-corrected chi connectivity index (χ3v) is 6.94. The molecule has 1 saturated heterocycles. The molecule has 0 spiro atoms. The molecule has 4 rings (SSSR count). The van der Waals surface area contributed by atoms with E-state index in [2.05, 4.69) is 4.98 Å². The molecule has 6 heteroatoms. The molecule has 0 aliphatic carbocycles. The Morgan fingerprint density at radius 3 is 2.74 bits per heavy atom. The number of sulfonamides is 1. The third-order valence-electron chi connectivity index (χ3n) is 4.93. The molecular formula is C21H22N2O3S. The zero-order valence-corrected chi connectivity index (χ0v) is 16.2. The summed E-state index contributed by atoms with van der Waals surface area (Å²) in [5, 5.41) is 1.05. The first-order valence-electron chi connectivity index (χ1n) is 9.03. The summed E-state index contributed by atoms with van der Waals surface area (Å²) < 4.78 is 33.6. The second-order valence-corrected chi connectivity index (χ2v) is 8.91. The molecule has 2 aromatic carbocycles. The first kappa shape index (κ1) is 17.9. The maximum Gasteiger partial charge on any atom is 0.243 e. The molecule has 3 aromatic rings. The van der Waals surface area contributed by atoms with Crippen molar-refractivity contribution in [3.05, 3.63) is 65.7 Å². The number of fused-ring (bicyclic) bond motifs is 1. The third kappa shape index (κ3) is 3.55. The van der Waals surface area contributed by atoms with E-state index in [0.29, 0.717) is 30.3 Å². The Balaban J connectivity index is 1.51. The second-order valence-electron chi connectivity index (χ2n) is 7.00. The number of hydrogen-bond donors (Lipinski definition) is 0. The standard InChI is InChI=1S/C21H22N2O3S/c1-15-7-8-16(2)20(13-15)27(24,25)23-12-11-18(14-23)26-21-10-9-17-5-3-4-6-19(17)22-21/h3-10,13,18H,11-12,14H2,1-2H3. The van der Waals surface area contributed by atoms with Crippen LogP contribution in [0, 0.1) is 13.8 Å². The zero-order chi connectivity index (χ0) is 19.0. The fourth-order valence-electron chi connectivity index (χ4n) is 3.42. The SMILES string of the molecule is Cc1ccc(C)c(S(=O)(=O)N2CCC(Oc3ccc4ccccc4n3)C2)c1. The van der Waals surface area contributed by atoms with E-state index in [1.807, 2.05) is 62.4 Å². The predicted octanol–water partition coefficient (Wildman–Crippen LogP) is 3.69. The fraction of sp³-hybridized carbons (Fsp3) is 0.286. The molecule has 1 aromatic heterocycles. The van der Waals surface area contributed by atoms with Crippen molar-refractivity contribution in [2.45, 2.75) is 31.3 Å². The van der Waals surface area contributed by atoms with Crippen LogP contribution in [0.15, 0.2) is 59.5 Å². The minimum Gasteiger partial charge on any atom is -0.473 e. The maximum atomic E-state index is 13.0. The van der Waals surface area contributed by atoms with Gasteiger partial charge in [-0.25, -0.2) is 13.4 Å². The second kappa shape index (κ2) is 6.94. The molecule has 1 unspecified atom stereocenters. The number of ether oxygens (including phenoxy) is 1. The van der Waals surface area contributed by atoms with Crippen molar-refractivity contribution in [2.75, 3.05) is 13.1 Å². The fourth-order valence-corrected chi connectivity index (χ4v) is 5.22. The smallest absolute Gasteiger partial charge is 0.243 e. The summed E-state index contributed by atoms with van der Waals surface area (Å²) in [5.74, 6) is 0.532. The number of hydrogen-bond acceptors (Lipinski definition) is 4. The van der Waals surface area contributed by atoms with E-state index in [1.54, 1.807) is 6.07 Å². The van der Waals surface area contributed by atoms with Crippen LogP contribution in [0.2, 0.25) is 0 Å². The van der Waals surface area contributed by atoms with Crippen LogP contribution < -0.4 is 4.74 Å². The van der Waals surface area contributed by atoms with Gasteiger partial charge in [0.2, 0.25) is 15.9 Å². The first-order chi connectivity index (χ1) is 12.9. The Morgan fingerprint density at radius 2 is 1.89 bits per heavy atom. The molecule has 27 heavy (non-hydrogen) atoms. The van der Waals surface area contributed by atoms with Gasteiger partial charge in [-0.2, -0.15) is 4.31 Å².